The Morgan fingerprint density at radius 1 is 1.21 bits per heavy atom. The average molecular weight is 317 g/mol. The van der Waals surface area contributed by atoms with Gasteiger partial charge in [0.25, 0.3) is 0 Å². The third kappa shape index (κ3) is 2.61. The molecule has 2 aromatic carbocycles. The predicted molar refractivity (Wildman–Crippen MR) is 84.4 cm³/mol. The molecule has 1 unspecified atom stereocenters. The van der Waals surface area contributed by atoms with Crippen molar-refractivity contribution < 1.29 is 0 Å². The van der Waals surface area contributed by atoms with Crippen LogP contribution in [0, 0.1) is 6.92 Å². The zero-order valence-corrected chi connectivity index (χ0v) is 12.5. The molecule has 0 radical (unpaired) electrons. The van der Waals surface area contributed by atoms with Gasteiger partial charge in [0.1, 0.15) is 0 Å². The van der Waals surface area contributed by atoms with E-state index in [-0.39, 0.29) is 0 Å². The lowest BCUT2D eigenvalue weighted by molar-refractivity contribution is 0.762. The minimum atomic E-state index is 0.393. The van der Waals surface area contributed by atoms with Gasteiger partial charge in [-0.2, -0.15) is 0 Å². The van der Waals surface area contributed by atoms with Gasteiger partial charge in [-0.05, 0) is 66.8 Å². The molecule has 0 saturated carbocycles. The third-order valence-corrected chi connectivity index (χ3v) is 4.09. The van der Waals surface area contributed by atoms with E-state index in [2.05, 4.69) is 58.5 Å². The van der Waals surface area contributed by atoms with Gasteiger partial charge in [0.05, 0.1) is 6.04 Å². The van der Waals surface area contributed by atoms with Crippen molar-refractivity contribution >= 4 is 27.3 Å². The van der Waals surface area contributed by atoms with Crippen molar-refractivity contribution in [2.75, 3.05) is 11.1 Å². The summed E-state index contributed by atoms with van der Waals surface area (Å²) in [6.45, 7) is 2.11. The molecule has 3 N–H and O–H groups in total. The number of nitrogen functional groups attached to an aromatic ring is 1. The lowest BCUT2D eigenvalue weighted by Gasteiger charge is -2.16. The van der Waals surface area contributed by atoms with Crippen molar-refractivity contribution in [3.05, 3.63) is 57.6 Å². The molecule has 1 aliphatic rings. The normalized spacial score (nSPS) is 17.3. The fourth-order valence-corrected chi connectivity index (χ4v) is 3.42. The number of benzene rings is 2. The number of nitrogens with one attached hydrogen (secondary N) is 1. The largest absolute Gasteiger partial charge is 0.399 e. The van der Waals surface area contributed by atoms with Crippen LogP contribution in [0.2, 0.25) is 0 Å². The first-order valence-corrected chi connectivity index (χ1v) is 7.33. The Kier molecular flexibility index (Phi) is 3.23. The number of nitrogens with two attached hydrogens (primary N) is 1. The maximum atomic E-state index is 5.84. The van der Waals surface area contributed by atoms with Gasteiger partial charge in [-0.3, -0.25) is 0 Å². The molecule has 3 rings (SSSR count). The summed E-state index contributed by atoms with van der Waals surface area (Å²) in [5.41, 5.74) is 11.9. The van der Waals surface area contributed by atoms with Crippen LogP contribution in [-0.2, 0) is 6.42 Å². The molecule has 0 aromatic heterocycles. The van der Waals surface area contributed by atoms with Crippen LogP contribution in [0.4, 0.5) is 11.4 Å². The van der Waals surface area contributed by atoms with Crippen molar-refractivity contribution in [3.8, 4) is 0 Å². The van der Waals surface area contributed by atoms with E-state index in [1.807, 2.05) is 6.07 Å². The molecular formula is C16H17BrN2. The number of aryl methyl sites for hydroxylation is 2. The average Bonchev–Trinajstić information content (AvgIpc) is 2.70. The zero-order valence-electron chi connectivity index (χ0n) is 10.9. The Balaban J connectivity index is 1.86. The van der Waals surface area contributed by atoms with Crippen LogP contribution < -0.4 is 11.1 Å². The molecule has 0 fully saturated rings. The number of halogens is 1. The van der Waals surface area contributed by atoms with Crippen LogP contribution in [-0.4, -0.2) is 0 Å². The number of rotatable bonds is 2. The van der Waals surface area contributed by atoms with Crippen molar-refractivity contribution in [3.63, 3.8) is 0 Å². The van der Waals surface area contributed by atoms with Gasteiger partial charge in [0, 0.05) is 15.8 Å². The molecule has 0 amide bonds. The minimum Gasteiger partial charge on any atom is -0.399 e. The van der Waals surface area contributed by atoms with Gasteiger partial charge >= 0.3 is 0 Å². The van der Waals surface area contributed by atoms with Crippen LogP contribution in [0.25, 0.3) is 0 Å². The molecule has 0 spiro atoms. The summed E-state index contributed by atoms with van der Waals surface area (Å²) in [7, 11) is 0. The Morgan fingerprint density at radius 3 is 2.84 bits per heavy atom. The number of hydrogen-bond acceptors (Lipinski definition) is 2. The Labute approximate surface area is 122 Å². The third-order valence-electron chi connectivity index (χ3n) is 3.63. The highest BCUT2D eigenvalue weighted by Crippen LogP contribution is 2.35. The summed E-state index contributed by atoms with van der Waals surface area (Å²) >= 11 is 3.55. The van der Waals surface area contributed by atoms with E-state index in [0.717, 1.165) is 23.0 Å². The lowest BCUT2D eigenvalue weighted by atomic mass is 10.1. The molecule has 1 atom stereocenters. The van der Waals surface area contributed by atoms with Crippen molar-refractivity contribution in [2.45, 2.75) is 25.8 Å². The molecule has 2 aromatic rings. The monoisotopic (exact) mass is 316 g/mol. The van der Waals surface area contributed by atoms with Crippen LogP contribution in [0.5, 0.6) is 0 Å². The summed E-state index contributed by atoms with van der Waals surface area (Å²) in [5, 5.41) is 3.63. The van der Waals surface area contributed by atoms with E-state index in [9.17, 15) is 0 Å². The number of hydrogen-bond donors (Lipinski definition) is 2. The first-order chi connectivity index (χ1) is 9.11. The van der Waals surface area contributed by atoms with Crippen LogP contribution in [0.15, 0.2) is 40.9 Å². The molecule has 0 saturated heterocycles. The van der Waals surface area contributed by atoms with Gasteiger partial charge < -0.3 is 11.1 Å². The smallest absolute Gasteiger partial charge is 0.0519 e. The molecular weight excluding hydrogens is 300 g/mol. The van der Waals surface area contributed by atoms with Gasteiger partial charge in [-0.25, -0.2) is 0 Å². The Hall–Kier alpha value is -1.48. The van der Waals surface area contributed by atoms with Gasteiger partial charge in [-0.1, -0.05) is 22.0 Å². The van der Waals surface area contributed by atoms with E-state index >= 15 is 0 Å². The second-order valence-electron chi connectivity index (χ2n) is 5.21. The first kappa shape index (κ1) is 12.5. The van der Waals surface area contributed by atoms with Crippen molar-refractivity contribution in [1.29, 1.82) is 0 Å². The molecule has 2 nitrogen and oxygen atoms in total. The van der Waals surface area contributed by atoms with E-state index in [0.29, 0.717) is 6.04 Å². The highest BCUT2D eigenvalue weighted by molar-refractivity contribution is 9.10. The number of anilines is 2. The van der Waals surface area contributed by atoms with Crippen LogP contribution in [0.1, 0.15) is 29.2 Å². The van der Waals surface area contributed by atoms with E-state index in [1.165, 1.54) is 22.4 Å². The zero-order chi connectivity index (χ0) is 13.4. The SMILES string of the molecule is Cc1cc(Br)cc(NC2CCc3cc(N)ccc32)c1. The van der Waals surface area contributed by atoms with E-state index < -0.39 is 0 Å². The second-order valence-corrected chi connectivity index (χ2v) is 6.13. The van der Waals surface area contributed by atoms with Crippen LogP contribution in [0.3, 0.4) is 0 Å². The summed E-state index contributed by atoms with van der Waals surface area (Å²) in [6.07, 6.45) is 2.23. The molecule has 3 heteroatoms. The van der Waals surface area contributed by atoms with Crippen molar-refractivity contribution in [2.24, 2.45) is 0 Å². The molecule has 98 valence electrons. The molecule has 0 bridgehead atoms. The van der Waals surface area contributed by atoms with Gasteiger partial charge in [-0.15, -0.1) is 0 Å². The van der Waals surface area contributed by atoms with E-state index in [4.69, 9.17) is 5.73 Å². The maximum absolute atomic E-state index is 5.84. The summed E-state index contributed by atoms with van der Waals surface area (Å²) in [5.74, 6) is 0. The first-order valence-electron chi connectivity index (χ1n) is 6.54. The van der Waals surface area contributed by atoms with E-state index in [1.54, 1.807) is 0 Å². The van der Waals surface area contributed by atoms with Gasteiger partial charge in [0.2, 0.25) is 0 Å². The number of fused-ring (bicyclic) bond motifs is 1. The minimum absolute atomic E-state index is 0.393. The van der Waals surface area contributed by atoms with Crippen LogP contribution >= 0.6 is 15.9 Å². The summed E-state index contributed by atoms with van der Waals surface area (Å²) in [4.78, 5) is 0. The fourth-order valence-electron chi connectivity index (χ4n) is 2.81. The summed E-state index contributed by atoms with van der Waals surface area (Å²) in [6, 6.07) is 13.1. The molecule has 19 heavy (non-hydrogen) atoms. The predicted octanol–water partition coefficient (Wildman–Crippen LogP) is 4.44. The Bertz CT molecular complexity index is 602. The Morgan fingerprint density at radius 2 is 2.05 bits per heavy atom. The fraction of sp³-hybridized carbons (Fsp3) is 0.250. The second kappa shape index (κ2) is 4.89. The maximum Gasteiger partial charge on any atom is 0.0519 e. The molecule has 0 aliphatic heterocycles. The van der Waals surface area contributed by atoms with Crippen molar-refractivity contribution in [1.82, 2.24) is 0 Å². The standard InChI is InChI=1S/C16H17BrN2/c1-10-6-12(17)9-14(7-10)19-16-5-2-11-8-13(18)3-4-15(11)16/h3-4,6-9,16,19H,2,5,18H2,1H3. The highest BCUT2D eigenvalue weighted by atomic mass is 79.9. The topological polar surface area (TPSA) is 38.0 Å². The highest BCUT2D eigenvalue weighted by Gasteiger charge is 2.22. The quantitative estimate of drug-likeness (QED) is 0.804. The lowest BCUT2D eigenvalue weighted by Crippen LogP contribution is -2.07. The van der Waals surface area contributed by atoms with Gasteiger partial charge in [0.15, 0.2) is 0 Å². The summed E-state index contributed by atoms with van der Waals surface area (Å²) < 4.78 is 1.12. The molecule has 1 aliphatic carbocycles. The molecule has 0 heterocycles.